The minimum absolute atomic E-state index is 0.0664. The van der Waals surface area contributed by atoms with Gasteiger partial charge in [-0.05, 0) is 62.9 Å². The molecule has 1 nitrogen and oxygen atoms in total. The highest BCUT2D eigenvalue weighted by Crippen LogP contribution is 2.37. The number of hydrogen-bond donors (Lipinski definition) is 0. The van der Waals surface area contributed by atoms with Crippen molar-refractivity contribution in [2.45, 2.75) is 73.1 Å². The van der Waals surface area contributed by atoms with Gasteiger partial charge in [-0.3, -0.25) is 0 Å². The summed E-state index contributed by atoms with van der Waals surface area (Å²) in [5.74, 6) is 0.925. The molecule has 0 heterocycles. The molecule has 0 aliphatic rings. The maximum Gasteiger partial charge on any atom is 0.123 e. The fourth-order valence-electron chi connectivity index (χ4n) is 4.80. The van der Waals surface area contributed by atoms with E-state index in [-0.39, 0.29) is 10.8 Å². The summed E-state index contributed by atoms with van der Waals surface area (Å²) in [7, 11) is 1.77. The van der Waals surface area contributed by atoms with Gasteiger partial charge in [0.25, 0.3) is 0 Å². The van der Waals surface area contributed by atoms with E-state index in [9.17, 15) is 0 Å². The van der Waals surface area contributed by atoms with Gasteiger partial charge < -0.3 is 4.74 Å². The Hall–Kier alpha value is -3.06. The van der Waals surface area contributed by atoms with Crippen LogP contribution in [0.3, 0.4) is 0 Å². The molecule has 0 fully saturated rings. The van der Waals surface area contributed by atoms with E-state index in [1.165, 1.54) is 50.1 Å². The molecule has 184 valence electrons. The average molecular weight is 467 g/mol. The number of ether oxygens (including phenoxy) is 1. The first-order valence-electron chi connectivity index (χ1n) is 12.6. The van der Waals surface area contributed by atoms with Crippen molar-refractivity contribution in [3.63, 3.8) is 0 Å². The van der Waals surface area contributed by atoms with Crippen LogP contribution < -0.4 is 4.74 Å². The predicted octanol–water partition coefficient (Wildman–Crippen LogP) is 9.22. The highest BCUT2D eigenvalue weighted by molar-refractivity contribution is 5.62. The van der Waals surface area contributed by atoms with E-state index in [0.717, 1.165) is 5.75 Å². The molecule has 0 radical (unpaired) electrons. The largest absolute Gasteiger partial charge is 0.496 e. The Labute approximate surface area is 213 Å². The van der Waals surface area contributed by atoms with Crippen molar-refractivity contribution in [1.82, 2.24) is 0 Å². The van der Waals surface area contributed by atoms with Crippen molar-refractivity contribution in [1.29, 1.82) is 0 Å². The third kappa shape index (κ3) is 6.54. The fraction of sp³-hybridized carbons (Fsp3) is 0.353. The Morgan fingerprint density at radius 1 is 0.600 bits per heavy atom. The molecule has 0 atom stereocenters. The molecule has 35 heavy (non-hydrogen) atoms. The minimum atomic E-state index is -0.172. The van der Waals surface area contributed by atoms with Gasteiger partial charge in [0.05, 0.1) is 7.11 Å². The van der Waals surface area contributed by atoms with E-state index in [1.54, 1.807) is 7.11 Å². The van der Waals surface area contributed by atoms with Gasteiger partial charge in [0, 0.05) is 16.4 Å². The quantitative estimate of drug-likeness (QED) is 0.337. The summed E-state index contributed by atoms with van der Waals surface area (Å²) in [5.41, 5.74) is 11.2. The Kier molecular flexibility index (Phi) is 7.80. The summed E-state index contributed by atoms with van der Waals surface area (Å²) in [4.78, 5) is 0. The van der Waals surface area contributed by atoms with Gasteiger partial charge in [-0.2, -0.15) is 0 Å². The first-order chi connectivity index (χ1) is 16.3. The average Bonchev–Trinajstić information content (AvgIpc) is 2.75. The lowest BCUT2D eigenvalue weighted by Gasteiger charge is -2.26. The third-order valence-corrected chi connectivity index (χ3v) is 6.86. The molecule has 3 aromatic carbocycles. The van der Waals surface area contributed by atoms with E-state index in [4.69, 9.17) is 4.74 Å². The van der Waals surface area contributed by atoms with Crippen LogP contribution in [-0.2, 0) is 10.8 Å². The van der Waals surface area contributed by atoms with E-state index in [1.807, 2.05) is 0 Å². The molecule has 1 heteroatoms. The Morgan fingerprint density at radius 2 is 1.11 bits per heavy atom. The first-order valence-corrected chi connectivity index (χ1v) is 12.6. The van der Waals surface area contributed by atoms with E-state index in [0.29, 0.717) is 0 Å². The maximum absolute atomic E-state index is 5.90. The highest BCUT2D eigenvalue weighted by Gasteiger charge is 2.23. The summed E-state index contributed by atoms with van der Waals surface area (Å²) in [5, 5.41) is 0. The number of rotatable bonds is 7. The number of hydrogen-bond acceptors (Lipinski definition) is 1. The molecule has 3 rings (SSSR count). The van der Waals surface area contributed by atoms with Gasteiger partial charge in [0.2, 0.25) is 0 Å². The molecule has 0 amide bonds. The number of methoxy groups -OCH3 is 1. The van der Waals surface area contributed by atoms with Crippen molar-refractivity contribution in [3.05, 3.63) is 111 Å². The maximum atomic E-state index is 5.90. The summed E-state index contributed by atoms with van der Waals surface area (Å²) in [6.07, 6.45) is 9.08. The van der Waals surface area contributed by atoms with Crippen LogP contribution in [0.15, 0.2) is 60.7 Å². The molecule has 0 aliphatic heterocycles. The van der Waals surface area contributed by atoms with Crippen LogP contribution in [0.1, 0.15) is 77.8 Å². The number of aryl methyl sites for hydroxylation is 5. The van der Waals surface area contributed by atoms with Crippen molar-refractivity contribution in [2.75, 3.05) is 7.11 Å². The second-order valence-electron chi connectivity index (χ2n) is 11.3. The van der Waals surface area contributed by atoms with Gasteiger partial charge in [0.1, 0.15) is 5.75 Å². The van der Waals surface area contributed by atoms with Gasteiger partial charge in [0.15, 0.2) is 0 Å². The van der Waals surface area contributed by atoms with Crippen molar-refractivity contribution >= 4 is 12.2 Å². The molecular formula is C34H42O. The smallest absolute Gasteiger partial charge is 0.123 e. The Bertz CT molecular complexity index is 1230. The van der Waals surface area contributed by atoms with Crippen LogP contribution in [0.5, 0.6) is 5.75 Å². The van der Waals surface area contributed by atoms with E-state index >= 15 is 0 Å². The van der Waals surface area contributed by atoms with Crippen LogP contribution >= 0.6 is 0 Å². The number of allylic oxidation sites excluding steroid dienone is 2. The molecule has 0 spiro atoms. The van der Waals surface area contributed by atoms with Gasteiger partial charge in [-0.1, -0.05) is 117 Å². The topological polar surface area (TPSA) is 9.23 Å². The standard InChI is InChI=1S/C34H42O/c1-23-15-24(2)18-28(17-23)11-13-34(8,9)31-21-27(5)29(22-32(31)35-10)12-14-33(6,7)30-19-25(3)16-26(4)20-30/h11-22H,1-10H3/b13-11+,14-12+. The monoisotopic (exact) mass is 466 g/mol. The van der Waals surface area contributed by atoms with E-state index < -0.39 is 0 Å². The molecule has 0 N–H and O–H groups in total. The van der Waals surface area contributed by atoms with Crippen LogP contribution in [0.2, 0.25) is 0 Å². The summed E-state index contributed by atoms with van der Waals surface area (Å²) >= 11 is 0. The lowest BCUT2D eigenvalue weighted by Crippen LogP contribution is -2.16. The van der Waals surface area contributed by atoms with Crippen LogP contribution in [0.4, 0.5) is 0 Å². The third-order valence-electron chi connectivity index (χ3n) is 6.86. The Morgan fingerprint density at radius 3 is 1.66 bits per heavy atom. The molecule has 0 aromatic heterocycles. The number of benzene rings is 3. The molecule has 0 saturated carbocycles. The highest BCUT2D eigenvalue weighted by atomic mass is 16.5. The van der Waals surface area contributed by atoms with Crippen LogP contribution in [-0.4, -0.2) is 7.11 Å². The summed E-state index contributed by atoms with van der Waals surface area (Å²) < 4.78 is 5.90. The zero-order valence-electron chi connectivity index (χ0n) is 23.3. The van der Waals surface area contributed by atoms with Crippen molar-refractivity contribution in [3.8, 4) is 5.75 Å². The second-order valence-corrected chi connectivity index (χ2v) is 11.3. The fourth-order valence-corrected chi connectivity index (χ4v) is 4.80. The zero-order chi connectivity index (χ0) is 26.0. The normalized spacial score (nSPS) is 12.6. The SMILES string of the molecule is COc1cc(/C=C/C(C)(C)c2cc(C)cc(C)c2)c(C)cc1C(C)(C)/C=C/c1cc(C)cc(C)c1. The lowest BCUT2D eigenvalue weighted by molar-refractivity contribution is 0.402. The van der Waals surface area contributed by atoms with Crippen molar-refractivity contribution < 1.29 is 4.74 Å². The van der Waals surface area contributed by atoms with Crippen LogP contribution in [0, 0.1) is 34.6 Å². The van der Waals surface area contributed by atoms with E-state index in [2.05, 4.69) is 135 Å². The molecule has 0 unspecified atom stereocenters. The lowest BCUT2D eigenvalue weighted by atomic mass is 9.80. The second kappa shape index (κ2) is 10.3. The molecule has 3 aromatic rings. The van der Waals surface area contributed by atoms with Crippen molar-refractivity contribution in [2.24, 2.45) is 0 Å². The van der Waals surface area contributed by atoms with Gasteiger partial charge in [-0.25, -0.2) is 0 Å². The Balaban J connectivity index is 1.94. The molecule has 0 aliphatic carbocycles. The molecular weight excluding hydrogens is 424 g/mol. The summed E-state index contributed by atoms with van der Waals surface area (Å²) in [6.45, 7) is 19.9. The molecule has 0 saturated heterocycles. The zero-order valence-corrected chi connectivity index (χ0v) is 23.3. The van der Waals surface area contributed by atoms with Crippen LogP contribution in [0.25, 0.3) is 12.2 Å². The van der Waals surface area contributed by atoms with Gasteiger partial charge >= 0.3 is 0 Å². The molecule has 0 bridgehead atoms. The van der Waals surface area contributed by atoms with Gasteiger partial charge in [-0.15, -0.1) is 0 Å². The predicted molar refractivity (Wildman–Crippen MR) is 154 cm³/mol. The minimum Gasteiger partial charge on any atom is -0.496 e. The summed E-state index contributed by atoms with van der Waals surface area (Å²) in [6, 6.07) is 18.0. The first kappa shape index (κ1) is 26.5.